The third-order valence-electron chi connectivity index (χ3n) is 5.72. The maximum Gasteiger partial charge on any atom is 0.407 e. The molecule has 0 spiro atoms. The molecule has 3 aromatic rings. The van der Waals surface area contributed by atoms with E-state index in [0.29, 0.717) is 0 Å². The Balaban J connectivity index is 1.51. The number of hydrogen-bond donors (Lipinski definition) is 1. The van der Waals surface area contributed by atoms with Crippen LogP contribution in [-0.4, -0.2) is 40.4 Å². The molecule has 1 aliphatic rings. The van der Waals surface area contributed by atoms with Gasteiger partial charge in [0.05, 0.1) is 17.6 Å². The Labute approximate surface area is 184 Å². The van der Waals surface area contributed by atoms with Crippen LogP contribution in [0.25, 0.3) is 11.0 Å². The number of piperidine rings is 1. The quantitative estimate of drug-likeness (QED) is 0.653. The van der Waals surface area contributed by atoms with Gasteiger partial charge in [-0.1, -0.05) is 36.4 Å². The molecular formula is C25H32N4O2. The summed E-state index contributed by atoms with van der Waals surface area (Å²) >= 11 is 0. The Bertz CT molecular complexity index is 1060. The first kappa shape index (κ1) is 21.2. The number of ether oxygens (including phenoxy) is 1. The molecule has 164 valence electrons. The lowest BCUT2D eigenvalue weighted by molar-refractivity contribution is 0.0497. The van der Waals surface area contributed by atoms with E-state index in [4.69, 9.17) is 9.72 Å². The van der Waals surface area contributed by atoms with Crippen molar-refractivity contribution in [1.82, 2.24) is 14.9 Å². The molecule has 6 heteroatoms. The fourth-order valence-electron chi connectivity index (χ4n) is 4.12. The monoisotopic (exact) mass is 420 g/mol. The molecule has 0 saturated carbocycles. The maximum absolute atomic E-state index is 12.1. The van der Waals surface area contributed by atoms with Crippen molar-refractivity contribution in [1.29, 1.82) is 0 Å². The highest BCUT2D eigenvalue weighted by Crippen LogP contribution is 2.27. The first-order chi connectivity index (χ1) is 14.8. The van der Waals surface area contributed by atoms with Gasteiger partial charge in [0.1, 0.15) is 5.60 Å². The van der Waals surface area contributed by atoms with E-state index < -0.39 is 5.60 Å². The average Bonchev–Trinajstić information content (AvgIpc) is 3.07. The molecule has 0 atom stereocenters. The molecule has 0 radical (unpaired) electrons. The number of benzene rings is 2. The molecule has 1 amide bonds. The van der Waals surface area contributed by atoms with Crippen molar-refractivity contribution in [3.05, 3.63) is 59.7 Å². The molecule has 4 rings (SSSR count). The van der Waals surface area contributed by atoms with Gasteiger partial charge in [-0.15, -0.1) is 0 Å². The largest absolute Gasteiger partial charge is 0.444 e. The van der Waals surface area contributed by atoms with E-state index in [1.165, 1.54) is 11.1 Å². The minimum Gasteiger partial charge on any atom is -0.444 e. The van der Waals surface area contributed by atoms with E-state index in [9.17, 15) is 4.79 Å². The number of aryl methyl sites for hydroxylation is 1. The fourth-order valence-corrected chi connectivity index (χ4v) is 4.12. The van der Waals surface area contributed by atoms with Gasteiger partial charge in [-0.2, -0.15) is 0 Å². The van der Waals surface area contributed by atoms with Gasteiger partial charge >= 0.3 is 6.09 Å². The Morgan fingerprint density at radius 2 is 1.77 bits per heavy atom. The molecule has 0 aliphatic carbocycles. The number of alkyl carbamates (subject to hydrolysis) is 1. The van der Waals surface area contributed by atoms with E-state index in [1.54, 1.807) is 0 Å². The second-order valence-corrected chi connectivity index (χ2v) is 9.32. The molecule has 1 aromatic heterocycles. The Morgan fingerprint density at radius 3 is 2.48 bits per heavy atom. The smallest absolute Gasteiger partial charge is 0.407 e. The van der Waals surface area contributed by atoms with E-state index in [-0.39, 0.29) is 12.1 Å². The molecule has 0 bridgehead atoms. The predicted molar refractivity (Wildman–Crippen MR) is 125 cm³/mol. The highest BCUT2D eigenvalue weighted by molar-refractivity contribution is 5.79. The van der Waals surface area contributed by atoms with Crippen LogP contribution in [0.2, 0.25) is 0 Å². The lowest BCUT2D eigenvalue weighted by Gasteiger charge is -2.33. The molecule has 1 aliphatic heterocycles. The third kappa shape index (κ3) is 5.01. The van der Waals surface area contributed by atoms with E-state index in [1.807, 2.05) is 26.8 Å². The van der Waals surface area contributed by atoms with Crippen LogP contribution in [0.1, 0.15) is 44.7 Å². The number of nitrogens with one attached hydrogen (secondary N) is 1. The standard InChI is InChI=1S/C25H32N4O2/c1-18-9-5-6-10-19(18)17-29-22-12-8-7-11-21(22)27-23(29)28-15-13-20(14-16-28)26-24(30)31-25(2,3)4/h5-12,20H,13-17H2,1-4H3,(H,26,30). The van der Waals surface area contributed by atoms with Gasteiger partial charge in [-0.3, -0.25) is 0 Å². The number of aromatic nitrogens is 2. The summed E-state index contributed by atoms with van der Waals surface area (Å²) in [4.78, 5) is 19.4. The first-order valence-corrected chi connectivity index (χ1v) is 11.0. The number of amides is 1. The molecule has 31 heavy (non-hydrogen) atoms. The van der Waals surface area contributed by atoms with Crippen LogP contribution >= 0.6 is 0 Å². The van der Waals surface area contributed by atoms with E-state index in [2.05, 4.69) is 64.2 Å². The van der Waals surface area contributed by atoms with Crippen molar-refractivity contribution in [2.75, 3.05) is 18.0 Å². The van der Waals surface area contributed by atoms with Gasteiger partial charge in [-0.05, 0) is 63.8 Å². The minimum atomic E-state index is -0.481. The van der Waals surface area contributed by atoms with Gasteiger partial charge in [0.2, 0.25) is 5.95 Å². The van der Waals surface area contributed by atoms with Crippen molar-refractivity contribution in [3.8, 4) is 0 Å². The summed E-state index contributed by atoms with van der Waals surface area (Å²) < 4.78 is 7.73. The molecule has 0 unspecified atom stereocenters. The van der Waals surface area contributed by atoms with Gasteiger partial charge in [0.25, 0.3) is 0 Å². The summed E-state index contributed by atoms with van der Waals surface area (Å²) in [5, 5.41) is 3.02. The van der Waals surface area contributed by atoms with Crippen LogP contribution in [0.5, 0.6) is 0 Å². The van der Waals surface area contributed by atoms with Crippen LogP contribution < -0.4 is 10.2 Å². The molecule has 6 nitrogen and oxygen atoms in total. The zero-order valence-electron chi connectivity index (χ0n) is 18.9. The number of para-hydroxylation sites is 2. The number of imidazole rings is 1. The van der Waals surface area contributed by atoms with Crippen molar-refractivity contribution >= 4 is 23.1 Å². The fraction of sp³-hybridized carbons (Fsp3) is 0.440. The molecule has 2 heterocycles. The third-order valence-corrected chi connectivity index (χ3v) is 5.72. The van der Waals surface area contributed by atoms with Crippen LogP contribution in [0.3, 0.4) is 0 Å². The topological polar surface area (TPSA) is 59.4 Å². The Kier molecular flexibility index (Phi) is 5.90. The number of anilines is 1. The van der Waals surface area contributed by atoms with Crippen molar-refractivity contribution in [2.24, 2.45) is 0 Å². The molecule has 1 fully saturated rings. The summed E-state index contributed by atoms with van der Waals surface area (Å²) in [5.74, 6) is 1.00. The number of hydrogen-bond acceptors (Lipinski definition) is 4. The Hall–Kier alpha value is -3.02. The zero-order valence-corrected chi connectivity index (χ0v) is 18.9. The Morgan fingerprint density at radius 1 is 1.10 bits per heavy atom. The lowest BCUT2D eigenvalue weighted by atomic mass is 10.1. The maximum atomic E-state index is 12.1. The number of nitrogens with zero attached hydrogens (tertiary/aromatic N) is 3. The van der Waals surface area contributed by atoms with Crippen LogP contribution in [-0.2, 0) is 11.3 Å². The van der Waals surface area contributed by atoms with Crippen molar-refractivity contribution in [2.45, 2.75) is 58.7 Å². The number of fused-ring (bicyclic) bond motifs is 1. The minimum absolute atomic E-state index is 0.125. The average molecular weight is 421 g/mol. The van der Waals surface area contributed by atoms with Crippen molar-refractivity contribution in [3.63, 3.8) is 0 Å². The first-order valence-electron chi connectivity index (χ1n) is 11.0. The number of carbonyl (C=O) groups is 1. The van der Waals surface area contributed by atoms with E-state index >= 15 is 0 Å². The second kappa shape index (κ2) is 8.61. The van der Waals surface area contributed by atoms with E-state index in [0.717, 1.165) is 49.5 Å². The summed E-state index contributed by atoms with van der Waals surface area (Å²) in [7, 11) is 0. The molecule has 1 saturated heterocycles. The summed E-state index contributed by atoms with van der Waals surface area (Å²) in [6, 6.07) is 17.0. The van der Waals surface area contributed by atoms with Gasteiger partial charge < -0.3 is 19.5 Å². The predicted octanol–water partition coefficient (Wildman–Crippen LogP) is 4.89. The number of rotatable bonds is 4. The summed E-state index contributed by atoms with van der Waals surface area (Å²) in [5.41, 5.74) is 4.26. The summed E-state index contributed by atoms with van der Waals surface area (Å²) in [6.07, 6.45) is 1.40. The second-order valence-electron chi connectivity index (χ2n) is 9.32. The van der Waals surface area contributed by atoms with Gasteiger partial charge in [0.15, 0.2) is 0 Å². The molecule has 2 aromatic carbocycles. The number of carbonyl (C=O) groups excluding carboxylic acids is 1. The SMILES string of the molecule is Cc1ccccc1Cn1c(N2CCC(NC(=O)OC(C)(C)C)CC2)nc2ccccc21. The van der Waals surface area contributed by atoms with Crippen LogP contribution in [0.4, 0.5) is 10.7 Å². The van der Waals surface area contributed by atoms with Gasteiger partial charge in [0, 0.05) is 19.1 Å². The molecular weight excluding hydrogens is 388 g/mol. The summed E-state index contributed by atoms with van der Waals surface area (Å²) in [6.45, 7) is 10.3. The van der Waals surface area contributed by atoms with Crippen LogP contribution in [0, 0.1) is 6.92 Å². The molecule has 1 N–H and O–H groups in total. The van der Waals surface area contributed by atoms with Gasteiger partial charge in [-0.25, -0.2) is 9.78 Å². The lowest BCUT2D eigenvalue weighted by Crippen LogP contribution is -2.46. The highest BCUT2D eigenvalue weighted by Gasteiger charge is 2.26. The normalized spacial score (nSPS) is 15.3. The zero-order chi connectivity index (χ0) is 22.0. The van der Waals surface area contributed by atoms with Crippen molar-refractivity contribution < 1.29 is 9.53 Å². The highest BCUT2D eigenvalue weighted by atomic mass is 16.6. The van der Waals surface area contributed by atoms with Crippen LogP contribution in [0.15, 0.2) is 48.5 Å².